The van der Waals surface area contributed by atoms with Crippen molar-refractivity contribution in [2.45, 2.75) is 24.1 Å². The number of nitrogens with one attached hydrogen (secondary N) is 1. The standard InChI is InChI=1S/C12H12N4OS2/c1-6-7(2)17-12(14-6)19-10-8-4-5-18-9(8)15-11(13-3)16-10/h4-5H,1-3H3,(H,13,15,16). The van der Waals surface area contributed by atoms with Crippen molar-refractivity contribution in [2.24, 2.45) is 0 Å². The number of fused-ring (bicyclic) bond motifs is 1. The number of hydrogen-bond donors (Lipinski definition) is 1. The number of thiophene rings is 1. The normalized spacial score (nSPS) is 11.1. The van der Waals surface area contributed by atoms with Gasteiger partial charge in [0.05, 0.1) is 5.69 Å². The highest BCUT2D eigenvalue weighted by Crippen LogP contribution is 2.34. The fourth-order valence-electron chi connectivity index (χ4n) is 1.59. The minimum atomic E-state index is 0.609. The summed E-state index contributed by atoms with van der Waals surface area (Å²) >= 11 is 3.02. The Morgan fingerprint density at radius 1 is 1.26 bits per heavy atom. The Labute approximate surface area is 118 Å². The van der Waals surface area contributed by atoms with Crippen LogP contribution in [-0.4, -0.2) is 22.0 Å². The number of oxazole rings is 1. The van der Waals surface area contributed by atoms with E-state index in [2.05, 4.69) is 20.3 Å². The van der Waals surface area contributed by atoms with Gasteiger partial charge in [-0.2, -0.15) is 0 Å². The number of nitrogens with zero attached hydrogens (tertiary/aromatic N) is 3. The molecule has 0 amide bonds. The summed E-state index contributed by atoms with van der Waals surface area (Å²) in [6.07, 6.45) is 0. The zero-order chi connectivity index (χ0) is 13.4. The summed E-state index contributed by atoms with van der Waals surface area (Å²) in [5.41, 5.74) is 0.909. The van der Waals surface area contributed by atoms with E-state index < -0.39 is 0 Å². The van der Waals surface area contributed by atoms with Gasteiger partial charge in [-0.25, -0.2) is 15.0 Å². The molecule has 3 aromatic rings. The molecule has 0 aliphatic heterocycles. The highest BCUT2D eigenvalue weighted by Gasteiger charge is 2.13. The van der Waals surface area contributed by atoms with Crippen LogP contribution in [0.2, 0.25) is 0 Å². The first-order chi connectivity index (χ1) is 9.17. The van der Waals surface area contributed by atoms with E-state index in [-0.39, 0.29) is 0 Å². The molecule has 0 aliphatic carbocycles. The molecular formula is C12H12N4OS2. The molecule has 0 unspecified atom stereocenters. The molecular weight excluding hydrogens is 280 g/mol. The molecule has 1 N–H and O–H groups in total. The maximum atomic E-state index is 5.59. The van der Waals surface area contributed by atoms with Crippen molar-refractivity contribution in [1.29, 1.82) is 0 Å². The third-order valence-corrected chi connectivity index (χ3v) is 4.37. The molecule has 0 bridgehead atoms. The Kier molecular flexibility index (Phi) is 3.16. The Morgan fingerprint density at radius 3 is 2.79 bits per heavy atom. The number of anilines is 1. The lowest BCUT2D eigenvalue weighted by atomic mass is 10.4. The number of hydrogen-bond acceptors (Lipinski definition) is 7. The van der Waals surface area contributed by atoms with Crippen molar-refractivity contribution in [3.05, 3.63) is 22.9 Å². The van der Waals surface area contributed by atoms with Crippen LogP contribution in [0.4, 0.5) is 5.95 Å². The summed E-state index contributed by atoms with van der Waals surface area (Å²) in [6.45, 7) is 3.84. The van der Waals surface area contributed by atoms with Crippen LogP contribution >= 0.6 is 23.1 Å². The van der Waals surface area contributed by atoms with Gasteiger partial charge in [-0.05, 0) is 37.1 Å². The van der Waals surface area contributed by atoms with Crippen molar-refractivity contribution < 1.29 is 4.42 Å². The molecule has 19 heavy (non-hydrogen) atoms. The third kappa shape index (κ3) is 2.31. The molecule has 0 saturated heterocycles. The van der Waals surface area contributed by atoms with Gasteiger partial charge >= 0.3 is 0 Å². The van der Waals surface area contributed by atoms with E-state index in [1.54, 1.807) is 11.3 Å². The Hall–Kier alpha value is -1.60. The molecule has 0 aliphatic rings. The van der Waals surface area contributed by atoms with E-state index in [0.717, 1.165) is 26.7 Å². The van der Waals surface area contributed by atoms with Gasteiger partial charge in [0.25, 0.3) is 5.22 Å². The quantitative estimate of drug-likeness (QED) is 0.746. The average Bonchev–Trinajstić information content (AvgIpc) is 2.97. The van der Waals surface area contributed by atoms with Crippen LogP contribution < -0.4 is 5.32 Å². The predicted molar refractivity (Wildman–Crippen MR) is 77.1 cm³/mol. The highest BCUT2D eigenvalue weighted by molar-refractivity contribution is 7.99. The first-order valence-corrected chi connectivity index (χ1v) is 7.42. The molecule has 3 rings (SSSR count). The molecule has 3 aromatic heterocycles. The van der Waals surface area contributed by atoms with Crippen molar-refractivity contribution in [3.8, 4) is 0 Å². The van der Waals surface area contributed by atoms with Gasteiger partial charge in [0.15, 0.2) is 0 Å². The zero-order valence-electron chi connectivity index (χ0n) is 10.7. The number of aryl methyl sites for hydroxylation is 2. The SMILES string of the molecule is CNc1nc(Sc2nc(C)c(C)o2)c2ccsc2n1. The van der Waals surface area contributed by atoms with Gasteiger partial charge in [0, 0.05) is 12.4 Å². The Bertz CT molecular complexity index is 715. The van der Waals surface area contributed by atoms with Crippen LogP contribution in [0.1, 0.15) is 11.5 Å². The van der Waals surface area contributed by atoms with Crippen molar-refractivity contribution in [3.63, 3.8) is 0 Å². The van der Waals surface area contributed by atoms with E-state index in [1.807, 2.05) is 32.3 Å². The lowest BCUT2D eigenvalue weighted by molar-refractivity contribution is 0.431. The first kappa shape index (κ1) is 12.4. The number of aromatic nitrogens is 3. The topological polar surface area (TPSA) is 63.8 Å². The van der Waals surface area contributed by atoms with Crippen LogP contribution in [0.3, 0.4) is 0 Å². The van der Waals surface area contributed by atoms with Gasteiger partial charge in [0.2, 0.25) is 5.95 Å². The maximum Gasteiger partial charge on any atom is 0.262 e. The highest BCUT2D eigenvalue weighted by atomic mass is 32.2. The van der Waals surface area contributed by atoms with Crippen LogP contribution in [0.15, 0.2) is 26.1 Å². The van der Waals surface area contributed by atoms with Crippen molar-refractivity contribution in [1.82, 2.24) is 15.0 Å². The fourth-order valence-corrected chi connectivity index (χ4v) is 3.34. The minimum Gasteiger partial charge on any atom is -0.436 e. The molecule has 5 nitrogen and oxygen atoms in total. The van der Waals surface area contributed by atoms with Crippen molar-refractivity contribution in [2.75, 3.05) is 12.4 Å². The molecule has 0 saturated carbocycles. The second-order valence-corrected chi connectivity index (χ2v) is 5.80. The molecule has 98 valence electrons. The molecule has 0 atom stereocenters. The van der Waals surface area contributed by atoms with Gasteiger partial charge in [-0.15, -0.1) is 11.3 Å². The second kappa shape index (κ2) is 4.82. The summed E-state index contributed by atoms with van der Waals surface area (Å²) in [5.74, 6) is 1.45. The summed E-state index contributed by atoms with van der Waals surface area (Å²) < 4.78 is 5.59. The minimum absolute atomic E-state index is 0.609. The molecule has 0 radical (unpaired) electrons. The first-order valence-electron chi connectivity index (χ1n) is 5.72. The summed E-state index contributed by atoms with van der Waals surface area (Å²) in [5, 5.41) is 7.48. The van der Waals surface area contributed by atoms with E-state index in [1.165, 1.54) is 11.8 Å². The van der Waals surface area contributed by atoms with E-state index in [0.29, 0.717) is 11.2 Å². The average molecular weight is 292 g/mol. The van der Waals surface area contributed by atoms with Gasteiger partial charge in [-0.3, -0.25) is 0 Å². The van der Waals surface area contributed by atoms with Crippen LogP contribution in [0, 0.1) is 13.8 Å². The third-order valence-electron chi connectivity index (χ3n) is 2.71. The van der Waals surface area contributed by atoms with E-state index in [4.69, 9.17) is 4.42 Å². The second-order valence-electron chi connectivity index (χ2n) is 3.97. The van der Waals surface area contributed by atoms with Crippen LogP contribution in [0.25, 0.3) is 10.2 Å². The van der Waals surface area contributed by atoms with Crippen LogP contribution in [-0.2, 0) is 0 Å². The molecule has 0 fully saturated rings. The van der Waals surface area contributed by atoms with E-state index in [9.17, 15) is 0 Å². The lowest BCUT2D eigenvalue weighted by Crippen LogP contribution is -1.96. The molecule has 0 spiro atoms. The van der Waals surface area contributed by atoms with Gasteiger partial charge in [-0.1, -0.05) is 0 Å². The smallest absolute Gasteiger partial charge is 0.262 e. The summed E-state index contributed by atoms with van der Waals surface area (Å²) in [6, 6.07) is 2.02. The Morgan fingerprint density at radius 2 is 2.11 bits per heavy atom. The van der Waals surface area contributed by atoms with Crippen LogP contribution in [0.5, 0.6) is 0 Å². The molecule has 0 aromatic carbocycles. The van der Waals surface area contributed by atoms with Gasteiger partial charge < -0.3 is 9.73 Å². The Balaban J connectivity index is 2.05. The molecule has 7 heteroatoms. The summed E-state index contributed by atoms with van der Waals surface area (Å²) in [4.78, 5) is 14.2. The monoisotopic (exact) mass is 292 g/mol. The lowest BCUT2D eigenvalue weighted by Gasteiger charge is -2.02. The van der Waals surface area contributed by atoms with Crippen molar-refractivity contribution >= 4 is 39.3 Å². The maximum absolute atomic E-state index is 5.59. The van der Waals surface area contributed by atoms with Gasteiger partial charge in [0.1, 0.15) is 15.6 Å². The summed E-state index contributed by atoms with van der Waals surface area (Å²) in [7, 11) is 1.81. The largest absolute Gasteiger partial charge is 0.436 e. The fraction of sp³-hybridized carbons (Fsp3) is 0.250. The zero-order valence-corrected chi connectivity index (χ0v) is 12.4. The predicted octanol–water partition coefficient (Wildman–Crippen LogP) is 3.49. The molecule has 3 heterocycles. The number of rotatable bonds is 3. The van der Waals surface area contributed by atoms with E-state index >= 15 is 0 Å².